The maximum absolute atomic E-state index is 12.2. The quantitative estimate of drug-likeness (QED) is 0.781. The van der Waals surface area contributed by atoms with E-state index in [4.69, 9.17) is 0 Å². The van der Waals surface area contributed by atoms with Crippen LogP contribution in [0.1, 0.15) is 36.5 Å². The van der Waals surface area contributed by atoms with Gasteiger partial charge in [0.2, 0.25) is 11.8 Å². The van der Waals surface area contributed by atoms with Crippen molar-refractivity contribution in [3.05, 3.63) is 71.3 Å². The summed E-state index contributed by atoms with van der Waals surface area (Å²) in [6.07, 6.45) is 2.78. The summed E-state index contributed by atoms with van der Waals surface area (Å²) in [5.41, 5.74) is 3.64. The fourth-order valence-electron chi connectivity index (χ4n) is 3.49. The van der Waals surface area contributed by atoms with Crippen LogP contribution in [-0.2, 0) is 29.0 Å². The normalized spacial score (nSPS) is 16.6. The molecule has 1 N–H and O–H groups in total. The minimum atomic E-state index is 0.0588. The van der Waals surface area contributed by atoms with Gasteiger partial charge in [-0.15, -0.1) is 0 Å². The van der Waals surface area contributed by atoms with E-state index in [1.54, 1.807) is 0 Å². The molecule has 2 amide bonds. The SMILES string of the molecule is CCc1ccc(CCC(=O)NC[C@@H]2CC(=O)N(Cc3ccccc3)C2)cc1. The van der Waals surface area contributed by atoms with Crippen LogP contribution in [0.25, 0.3) is 0 Å². The van der Waals surface area contributed by atoms with Gasteiger partial charge in [-0.3, -0.25) is 9.59 Å². The van der Waals surface area contributed by atoms with Gasteiger partial charge in [0.15, 0.2) is 0 Å². The highest BCUT2D eigenvalue weighted by molar-refractivity contribution is 5.79. The molecule has 3 rings (SSSR count). The van der Waals surface area contributed by atoms with Crippen molar-refractivity contribution in [2.45, 2.75) is 39.2 Å². The van der Waals surface area contributed by atoms with Crippen molar-refractivity contribution >= 4 is 11.8 Å². The standard InChI is InChI=1S/C23H28N2O2/c1-2-18-8-10-19(11-9-18)12-13-22(26)24-15-21-14-23(27)25(17-21)16-20-6-4-3-5-7-20/h3-11,21H,2,12-17H2,1H3,(H,24,26)/t21-/m0/s1. The maximum Gasteiger partial charge on any atom is 0.223 e. The first kappa shape index (κ1) is 19.2. The summed E-state index contributed by atoms with van der Waals surface area (Å²) >= 11 is 0. The molecule has 0 radical (unpaired) electrons. The highest BCUT2D eigenvalue weighted by Gasteiger charge is 2.29. The number of amides is 2. The van der Waals surface area contributed by atoms with Gasteiger partial charge in [-0.25, -0.2) is 0 Å². The lowest BCUT2D eigenvalue weighted by atomic mass is 10.1. The average molecular weight is 364 g/mol. The summed E-state index contributed by atoms with van der Waals surface area (Å²) in [6.45, 7) is 4.08. The monoisotopic (exact) mass is 364 g/mol. The number of nitrogens with zero attached hydrogens (tertiary/aromatic N) is 1. The smallest absolute Gasteiger partial charge is 0.223 e. The lowest BCUT2D eigenvalue weighted by Gasteiger charge is -2.17. The molecule has 1 heterocycles. The van der Waals surface area contributed by atoms with Crippen molar-refractivity contribution in [3.8, 4) is 0 Å². The number of hydrogen-bond donors (Lipinski definition) is 1. The second-order valence-corrected chi connectivity index (χ2v) is 7.30. The first-order valence-corrected chi connectivity index (χ1v) is 9.80. The van der Waals surface area contributed by atoms with Gasteiger partial charge in [0.25, 0.3) is 0 Å². The Balaban J connectivity index is 1.39. The lowest BCUT2D eigenvalue weighted by Crippen LogP contribution is -2.31. The summed E-state index contributed by atoms with van der Waals surface area (Å²) in [6, 6.07) is 18.5. The number of rotatable bonds is 8. The molecule has 27 heavy (non-hydrogen) atoms. The zero-order valence-electron chi connectivity index (χ0n) is 16.0. The predicted molar refractivity (Wildman–Crippen MR) is 107 cm³/mol. The highest BCUT2D eigenvalue weighted by Crippen LogP contribution is 2.19. The number of hydrogen-bond acceptors (Lipinski definition) is 2. The minimum Gasteiger partial charge on any atom is -0.356 e. The van der Waals surface area contributed by atoms with Crippen LogP contribution in [0.15, 0.2) is 54.6 Å². The molecule has 1 atom stereocenters. The molecular weight excluding hydrogens is 336 g/mol. The van der Waals surface area contributed by atoms with Crippen molar-refractivity contribution < 1.29 is 9.59 Å². The van der Waals surface area contributed by atoms with Crippen LogP contribution < -0.4 is 5.32 Å². The van der Waals surface area contributed by atoms with E-state index < -0.39 is 0 Å². The summed E-state index contributed by atoms with van der Waals surface area (Å²) in [5, 5.41) is 3.00. The van der Waals surface area contributed by atoms with Gasteiger partial charge in [0.1, 0.15) is 0 Å². The van der Waals surface area contributed by atoms with E-state index in [2.05, 4.69) is 36.5 Å². The van der Waals surface area contributed by atoms with E-state index in [-0.39, 0.29) is 17.7 Å². The Kier molecular flexibility index (Phi) is 6.64. The number of benzene rings is 2. The number of carbonyl (C=O) groups is 2. The summed E-state index contributed by atoms with van der Waals surface area (Å²) in [5.74, 6) is 0.437. The third-order valence-electron chi connectivity index (χ3n) is 5.17. The van der Waals surface area contributed by atoms with Crippen LogP contribution in [0.4, 0.5) is 0 Å². The second-order valence-electron chi connectivity index (χ2n) is 7.30. The molecule has 0 saturated carbocycles. The predicted octanol–water partition coefficient (Wildman–Crippen LogP) is 3.35. The Morgan fingerprint density at radius 2 is 1.74 bits per heavy atom. The number of carbonyl (C=O) groups excluding carboxylic acids is 2. The van der Waals surface area contributed by atoms with Gasteiger partial charge < -0.3 is 10.2 Å². The van der Waals surface area contributed by atoms with E-state index in [9.17, 15) is 9.59 Å². The van der Waals surface area contributed by atoms with Crippen molar-refractivity contribution in [1.82, 2.24) is 10.2 Å². The zero-order valence-corrected chi connectivity index (χ0v) is 16.0. The van der Waals surface area contributed by atoms with E-state index in [1.807, 2.05) is 35.2 Å². The Labute approximate surface area is 161 Å². The summed E-state index contributed by atoms with van der Waals surface area (Å²) in [7, 11) is 0. The number of aryl methyl sites for hydroxylation is 2. The average Bonchev–Trinajstić information content (AvgIpc) is 3.05. The molecule has 1 fully saturated rings. The van der Waals surface area contributed by atoms with Gasteiger partial charge in [-0.05, 0) is 29.5 Å². The third-order valence-corrected chi connectivity index (χ3v) is 5.17. The number of nitrogens with one attached hydrogen (secondary N) is 1. The molecular formula is C23H28N2O2. The Morgan fingerprint density at radius 3 is 2.44 bits per heavy atom. The van der Waals surface area contributed by atoms with E-state index >= 15 is 0 Å². The minimum absolute atomic E-state index is 0.0588. The molecule has 142 valence electrons. The van der Waals surface area contributed by atoms with Crippen molar-refractivity contribution in [1.29, 1.82) is 0 Å². The molecule has 0 aliphatic carbocycles. The van der Waals surface area contributed by atoms with E-state index in [1.165, 1.54) is 11.1 Å². The summed E-state index contributed by atoms with van der Waals surface area (Å²) < 4.78 is 0. The van der Waals surface area contributed by atoms with Gasteiger partial charge in [0, 0.05) is 38.4 Å². The third kappa shape index (κ3) is 5.68. The van der Waals surface area contributed by atoms with Crippen LogP contribution >= 0.6 is 0 Å². The van der Waals surface area contributed by atoms with E-state index in [0.717, 1.165) is 18.4 Å². The Hall–Kier alpha value is -2.62. The molecule has 4 heteroatoms. The first-order valence-electron chi connectivity index (χ1n) is 9.80. The van der Waals surface area contributed by atoms with Crippen LogP contribution in [-0.4, -0.2) is 29.8 Å². The topological polar surface area (TPSA) is 49.4 Å². The van der Waals surface area contributed by atoms with Crippen molar-refractivity contribution in [2.75, 3.05) is 13.1 Å². The molecule has 1 aliphatic heterocycles. The van der Waals surface area contributed by atoms with Crippen molar-refractivity contribution in [3.63, 3.8) is 0 Å². The molecule has 0 aromatic heterocycles. The van der Waals surface area contributed by atoms with Crippen LogP contribution in [0.2, 0.25) is 0 Å². The van der Waals surface area contributed by atoms with Crippen LogP contribution in [0.3, 0.4) is 0 Å². The van der Waals surface area contributed by atoms with Crippen LogP contribution in [0.5, 0.6) is 0 Å². The highest BCUT2D eigenvalue weighted by atomic mass is 16.2. The maximum atomic E-state index is 12.2. The molecule has 1 saturated heterocycles. The van der Waals surface area contributed by atoms with Gasteiger partial charge in [0.05, 0.1) is 0 Å². The first-order chi connectivity index (χ1) is 13.1. The second kappa shape index (κ2) is 9.36. The zero-order chi connectivity index (χ0) is 19.1. The van der Waals surface area contributed by atoms with Gasteiger partial charge >= 0.3 is 0 Å². The van der Waals surface area contributed by atoms with Gasteiger partial charge in [-0.2, -0.15) is 0 Å². The fourth-order valence-corrected chi connectivity index (χ4v) is 3.49. The molecule has 4 nitrogen and oxygen atoms in total. The Bertz CT molecular complexity index is 756. The van der Waals surface area contributed by atoms with Crippen molar-refractivity contribution in [2.24, 2.45) is 5.92 Å². The Morgan fingerprint density at radius 1 is 1.04 bits per heavy atom. The fraction of sp³-hybridized carbons (Fsp3) is 0.391. The molecule has 1 aliphatic rings. The molecule has 2 aromatic rings. The van der Waals surface area contributed by atoms with E-state index in [0.29, 0.717) is 32.5 Å². The lowest BCUT2D eigenvalue weighted by molar-refractivity contribution is -0.128. The molecule has 0 bridgehead atoms. The largest absolute Gasteiger partial charge is 0.356 e. The van der Waals surface area contributed by atoms with Gasteiger partial charge in [-0.1, -0.05) is 61.5 Å². The molecule has 2 aromatic carbocycles. The summed E-state index contributed by atoms with van der Waals surface area (Å²) in [4.78, 5) is 26.2. The van der Waals surface area contributed by atoms with Crippen LogP contribution in [0, 0.1) is 5.92 Å². The molecule has 0 spiro atoms. The molecule has 0 unspecified atom stereocenters. The number of likely N-dealkylation sites (tertiary alicyclic amines) is 1.